The van der Waals surface area contributed by atoms with Crippen LogP contribution in [0.5, 0.6) is 0 Å². The van der Waals surface area contributed by atoms with Crippen molar-refractivity contribution in [3.63, 3.8) is 0 Å². The van der Waals surface area contributed by atoms with E-state index in [1.165, 1.54) is 24.3 Å². The van der Waals surface area contributed by atoms with Gasteiger partial charge in [-0.25, -0.2) is 4.39 Å². The number of Topliss-reactive ketones (excluding diaryl/α,β-unsaturated/α-hetero) is 2. The van der Waals surface area contributed by atoms with Gasteiger partial charge in [0.15, 0.2) is 11.6 Å². The van der Waals surface area contributed by atoms with Gasteiger partial charge in [-0.1, -0.05) is 31.9 Å². The second kappa shape index (κ2) is 9.52. The van der Waals surface area contributed by atoms with E-state index in [0.29, 0.717) is 16.5 Å². The predicted molar refractivity (Wildman–Crippen MR) is 86.9 cm³/mol. The molecule has 0 saturated carbocycles. The molecule has 0 unspecified atom stereocenters. The summed E-state index contributed by atoms with van der Waals surface area (Å²) in [6, 6.07) is 8.89. The Balaban J connectivity index is 0.000000211. The Morgan fingerprint density at radius 2 is 1.29 bits per heavy atom. The number of nitrogens with zero attached hydrogens (tertiary/aromatic N) is 1. The van der Waals surface area contributed by atoms with Crippen LogP contribution < -0.4 is 0 Å². The molecule has 0 aliphatic heterocycles. The van der Waals surface area contributed by atoms with Crippen molar-refractivity contribution < 1.29 is 14.0 Å². The summed E-state index contributed by atoms with van der Waals surface area (Å²) >= 11 is 6.11. The van der Waals surface area contributed by atoms with Crippen LogP contribution in [0, 0.1) is 5.82 Å². The lowest BCUT2D eigenvalue weighted by Crippen LogP contribution is -1.98. The van der Waals surface area contributed by atoms with Crippen molar-refractivity contribution >= 4 is 43.4 Å². The fourth-order valence-electron chi connectivity index (χ4n) is 1.33. The van der Waals surface area contributed by atoms with E-state index in [4.69, 9.17) is 0 Å². The minimum absolute atomic E-state index is 0.0370. The maximum atomic E-state index is 12.3. The third-order valence-corrected chi connectivity index (χ3v) is 3.43. The Bertz CT molecular complexity index is 588. The molecule has 0 atom stereocenters. The standard InChI is InChI=1S/C8H6BrFO.C7H6BrNO/c9-5-8(11)6-1-3-7(10)4-2-6;8-5-7(10)6-1-3-9-4-2-6/h1-4H,5H2;1-4H,5H2. The number of rotatable bonds is 4. The second-order valence-corrected chi connectivity index (χ2v) is 4.98. The first-order valence-corrected chi connectivity index (χ1v) is 8.16. The van der Waals surface area contributed by atoms with Crippen molar-refractivity contribution in [1.82, 2.24) is 4.98 Å². The highest BCUT2D eigenvalue weighted by molar-refractivity contribution is 9.09. The second-order valence-electron chi connectivity index (χ2n) is 3.86. The molecule has 1 aromatic heterocycles. The Morgan fingerprint density at radius 3 is 1.71 bits per heavy atom. The molecule has 0 N–H and O–H groups in total. The van der Waals surface area contributed by atoms with Gasteiger partial charge in [0, 0.05) is 23.5 Å². The summed E-state index contributed by atoms with van der Waals surface area (Å²) in [6.07, 6.45) is 3.21. The van der Waals surface area contributed by atoms with Crippen molar-refractivity contribution in [3.05, 3.63) is 65.7 Å². The van der Waals surface area contributed by atoms with Gasteiger partial charge in [-0.2, -0.15) is 0 Å². The molecule has 0 spiro atoms. The Hall–Kier alpha value is -1.40. The van der Waals surface area contributed by atoms with Crippen LogP contribution in [0.25, 0.3) is 0 Å². The highest BCUT2D eigenvalue weighted by Crippen LogP contribution is 2.04. The number of hydrogen-bond acceptors (Lipinski definition) is 3. The Kier molecular flexibility index (Phi) is 8.00. The summed E-state index contributed by atoms with van der Waals surface area (Å²) in [5, 5.41) is 0.648. The van der Waals surface area contributed by atoms with Gasteiger partial charge in [-0.05, 0) is 36.4 Å². The third-order valence-electron chi connectivity index (χ3n) is 2.41. The molecule has 0 radical (unpaired) electrons. The first kappa shape index (κ1) is 17.7. The lowest BCUT2D eigenvalue weighted by atomic mass is 10.1. The zero-order valence-corrected chi connectivity index (χ0v) is 14.1. The summed E-state index contributed by atoms with van der Waals surface area (Å²) in [5.74, 6) is -0.275. The van der Waals surface area contributed by atoms with Crippen LogP contribution in [-0.4, -0.2) is 27.2 Å². The molecule has 0 aliphatic carbocycles. The molecule has 0 bridgehead atoms. The van der Waals surface area contributed by atoms with E-state index in [9.17, 15) is 14.0 Å². The number of carbonyl (C=O) groups is 2. The maximum Gasteiger partial charge on any atom is 0.173 e. The molecule has 21 heavy (non-hydrogen) atoms. The number of ketones is 2. The normalized spacial score (nSPS) is 9.48. The average molecular weight is 417 g/mol. The van der Waals surface area contributed by atoms with Crippen molar-refractivity contribution in [1.29, 1.82) is 0 Å². The van der Waals surface area contributed by atoms with E-state index < -0.39 is 0 Å². The Morgan fingerprint density at radius 1 is 0.857 bits per heavy atom. The minimum atomic E-state index is -0.323. The van der Waals surface area contributed by atoms with E-state index >= 15 is 0 Å². The van der Waals surface area contributed by atoms with E-state index in [1.807, 2.05) is 0 Å². The maximum absolute atomic E-state index is 12.3. The molecule has 2 rings (SSSR count). The number of halogens is 3. The SMILES string of the molecule is O=C(CBr)c1ccc(F)cc1.O=C(CBr)c1ccncc1. The molecule has 6 heteroatoms. The van der Waals surface area contributed by atoms with Gasteiger partial charge >= 0.3 is 0 Å². The van der Waals surface area contributed by atoms with E-state index in [1.54, 1.807) is 24.5 Å². The zero-order chi connectivity index (χ0) is 15.7. The summed E-state index contributed by atoms with van der Waals surface area (Å²) in [7, 11) is 0. The topological polar surface area (TPSA) is 47.0 Å². The summed E-state index contributed by atoms with van der Waals surface area (Å²) in [4.78, 5) is 25.7. The quantitative estimate of drug-likeness (QED) is 0.557. The average Bonchev–Trinajstić information content (AvgIpc) is 2.55. The van der Waals surface area contributed by atoms with Crippen LogP contribution in [0.1, 0.15) is 20.7 Å². The van der Waals surface area contributed by atoms with Crippen LogP contribution >= 0.6 is 31.9 Å². The summed E-state index contributed by atoms with van der Waals surface area (Å²) < 4.78 is 12.3. The lowest BCUT2D eigenvalue weighted by Gasteiger charge is -1.94. The van der Waals surface area contributed by atoms with E-state index in [-0.39, 0.29) is 22.7 Å². The molecule has 0 fully saturated rings. The van der Waals surface area contributed by atoms with Crippen LogP contribution in [0.15, 0.2) is 48.8 Å². The van der Waals surface area contributed by atoms with Crippen molar-refractivity contribution in [2.24, 2.45) is 0 Å². The molecule has 110 valence electrons. The van der Waals surface area contributed by atoms with Crippen molar-refractivity contribution in [3.8, 4) is 0 Å². The molecule has 0 aliphatic rings. The lowest BCUT2D eigenvalue weighted by molar-refractivity contribution is 0.101. The van der Waals surface area contributed by atoms with Gasteiger partial charge in [0.1, 0.15) is 5.82 Å². The monoisotopic (exact) mass is 415 g/mol. The largest absolute Gasteiger partial charge is 0.293 e. The number of carbonyl (C=O) groups excluding carboxylic acids is 2. The highest BCUT2D eigenvalue weighted by Gasteiger charge is 2.02. The van der Waals surface area contributed by atoms with Gasteiger partial charge in [-0.3, -0.25) is 14.6 Å². The van der Waals surface area contributed by atoms with Gasteiger partial charge < -0.3 is 0 Å². The number of hydrogen-bond donors (Lipinski definition) is 0. The molecule has 2 aromatic rings. The number of pyridine rings is 1. The molecule has 1 heterocycles. The van der Waals surface area contributed by atoms with Crippen LogP contribution in [-0.2, 0) is 0 Å². The minimum Gasteiger partial charge on any atom is -0.293 e. The van der Waals surface area contributed by atoms with E-state index in [0.717, 1.165) is 0 Å². The summed E-state index contributed by atoms with van der Waals surface area (Å²) in [5.41, 5.74) is 1.23. The highest BCUT2D eigenvalue weighted by atomic mass is 79.9. The summed E-state index contributed by atoms with van der Waals surface area (Å²) in [6.45, 7) is 0. The Labute approximate surface area is 138 Å². The van der Waals surface area contributed by atoms with Gasteiger partial charge in [0.05, 0.1) is 10.7 Å². The van der Waals surface area contributed by atoms with Crippen LogP contribution in [0.3, 0.4) is 0 Å². The van der Waals surface area contributed by atoms with Crippen molar-refractivity contribution in [2.45, 2.75) is 0 Å². The van der Waals surface area contributed by atoms with Crippen LogP contribution in [0.4, 0.5) is 4.39 Å². The number of alkyl halides is 2. The van der Waals surface area contributed by atoms with Crippen LogP contribution in [0.2, 0.25) is 0 Å². The molecule has 1 aromatic carbocycles. The first-order chi connectivity index (χ1) is 10.1. The fraction of sp³-hybridized carbons (Fsp3) is 0.133. The first-order valence-electron chi connectivity index (χ1n) is 5.92. The number of benzene rings is 1. The van der Waals surface area contributed by atoms with E-state index in [2.05, 4.69) is 36.8 Å². The molecular formula is C15H12Br2FNO2. The molecular weight excluding hydrogens is 405 g/mol. The smallest absolute Gasteiger partial charge is 0.173 e. The number of aromatic nitrogens is 1. The molecule has 0 amide bonds. The molecule has 0 saturated heterocycles. The fourth-order valence-corrected chi connectivity index (χ4v) is 1.98. The van der Waals surface area contributed by atoms with Gasteiger partial charge in [0.2, 0.25) is 0 Å². The zero-order valence-electron chi connectivity index (χ0n) is 10.9. The van der Waals surface area contributed by atoms with Crippen molar-refractivity contribution in [2.75, 3.05) is 10.7 Å². The van der Waals surface area contributed by atoms with Gasteiger partial charge in [0.25, 0.3) is 0 Å². The predicted octanol–water partition coefficient (Wildman–Crippen LogP) is 4.06. The molecule has 3 nitrogen and oxygen atoms in total. The van der Waals surface area contributed by atoms with Gasteiger partial charge in [-0.15, -0.1) is 0 Å². The third kappa shape index (κ3) is 6.27.